The van der Waals surface area contributed by atoms with Gasteiger partial charge in [0.1, 0.15) is 0 Å². The number of benzene rings is 1. The fraction of sp³-hybridized carbons (Fsp3) is 0.214. The molecule has 0 aliphatic heterocycles. The molecule has 1 aromatic carbocycles. The van der Waals surface area contributed by atoms with Crippen molar-refractivity contribution in [2.75, 3.05) is 11.1 Å². The molecule has 1 aliphatic carbocycles. The first-order valence-corrected chi connectivity index (χ1v) is 7.24. The van der Waals surface area contributed by atoms with Crippen molar-refractivity contribution < 1.29 is 4.79 Å². The van der Waals surface area contributed by atoms with Gasteiger partial charge in [-0.1, -0.05) is 0 Å². The Balaban J connectivity index is 1.82. The number of nitrogen functional groups attached to an aromatic ring is 1. The van der Waals surface area contributed by atoms with Gasteiger partial charge in [0.15, 0.2) is 5.69 Å². The van der Waals surface area contributed by atoms with Crippen molar-refractivity contribution in [3.63, 3.8) is 0 Å². The van der Waals surface area contributed by atoms with E-state index in [1.54, 1.807) is 18.2 Å². The average Bonchev–Trinajstić information content (AvgIpc) is 3.24. The summed E-state index contributed by atoms with van der Waals surface area (Å²) in [4.78, 5) is 12.2. The highest BCUT2D eigenvalue weighted by atomic mass is 79.9. The van der Waals surface area contributed by atoms with E-state index in [1.165, 1.54) is 0 Å². The molecule has 1 aliphatic rings. The van der Waals surface area contributed by atoms with Gasteiger partial charge in [0, 0.05) is 10.4 Å². The van der Waals surface area contributed by atoms with Crippen molar-refractivity contribution in [2.45, 2.75) is 18.8 Å². The van der Waals surface area contributed by atoms with Gasteiger partial charge in [-0.2, -0.15) is 10.4 Å². The Kier molecular flexibility index (Phi) is 3.39. The second-order valence-electron chi connectivity index (χ2n) is 4.93. The average molecular weight is 346 g/mol. The van der Waals surface area contributed by atoms with Crippen molar-refractivity contribution in [3.05, 3.63) is 39.6 Å². The van der Waals surface area contributed by atoms with Crippen LogP contribution in [0, 0.1) is 11.3 Å². The number of nitrogens with two attached hydrogens (primary N) is 1. The molecule has 0 atom stereocenters. The molecule has 0 bridgehead atoms. The fourth-order valence-electron chi connectivity index (χ4n) is 2.09. The molecule has 6 nitrogen and oxygen atoms in total. The lowest BCUT2D eigenvalue weighted by Gasteiger charge is -2.06. The number of H-pyrrole nitrogens is 1. The number of hydrogen-bond donors (Lipinski definition) is 3. The molecular formula is C14H12BrN5O. The van der Waals surface area contributed by atoms with Crippen LogP contribution in [0.2, 0.25) is 0 Å². The number of carbonyl (C=O) groups is 1. The van der Waals surface area contributed by atoms with Gasteiger partial charge in [0.2, 0.25) is 0 Å². The highest BCUT2D eigenvalue weighted by molar-refractivity contribution is 9.10. The maximum absolute atomic E-state index is 12.2. The summed E-state index contributed by atoms with van der Waals surface area (Å²) in [7, 11) is 0. The molecule has 0 unspecified atom stereocenters. The summed E-state index contributed by atoms with van der Waals surface area (Å²) in [6.45, 7) is 0. The largest absolute Gasteiger partial charge is 0.395 e. The molecule has 1 aromatic heterocycles. The molecule has 0 radical (unpaired) electrons. The van der Waals surface area contributed by atoms with E-state index >= 15 is 0 Å². The smallest absolute Gasteiger partial charge is 0.278 e. The van der Waals surface area contributed by atoms with Gasteiger partial charge >= 0.3 is 0 Å². The van der Waals surface area contributed by atoms with Crippen molar-refractivity contribution >= 4 is 33.2 Å². The number of hydrogen-bond acceptors (Lipinski definition) is 4. The number of carbonyl (C=O) groups excluding carboxylic acids is 1. The zero-order valence-electron chi connectivity index (χ0n) is 11.0. The van der Waals surface area contributed by atoms with E-state index in [0.29, 0.717) is 27.3 Å². The van der Waals surface area contributed by atoms with Crippen molar-refractivity contribution in [3.8, 4) is 6.07 Å². The number of nitrogens with zero attached hydrogens (tertiary/aromatic N) is 2. The Morgan fingerprint density at radius 3 is 2.90 bits per heavy atom. The number of aromatic nitrogens is 2. The lowest BCUT2D eigenvalue weighted by molar-refractivity contribution is 0.102. The van der Waals surface area contributed by atoms with Gasteiger partial charge in [-0.05, 0) is 47.0 Å². The van der Waals surface area contributed by atoms with Crippen molar-refractivity contribution in [1.29, 1.82) is 5.26 Å². The van der Waals surface area contributed by atoms with Crippen LogP contribution in [-0.2, 0) is 0 Å². The minimum Gasteiger partial charge on any atom is -0.395 e. The van der Waals surface area contributed by atoms with Gasteiger partial charge in [-0.3, -0.25) is 9.89 Å². The zero-order chi connectivity index (χ0) is 15.0. The molecule has 1 saturated carbocycles. The predicted octanol–water partition coefficient (Wildman–Crippen LogP) is 2.76. The van der Waals surface area contributed by atoms with Crippen LogP contribution in [0.3, 0.4) is 0 Å². The molecule has 1 heterocycles. The highest BCUT2D eigenvalue weighted by Gasteiger charge is 2.30. The van der Waals surface area contributed by atoms with Crippen LogP contribution in [0.4, 0.5) is 11.4 Å². The van der Waals surface area contributed by atoms with Gasteiger partial charge in [0.05, 0.1) is 28.7 Å². The van der Waals surface area contributed by atoms with E-state index in [9.17, 15) is 4.79 Å². The molecule has 106 valence electrons. The van der Waals surface area contributed by atoms with Crippen molar-refractivity contribution in [1.82, 2.24) is 10.2 Å². The summed E-state index contributed by atoms with van der Waals surface area (Å²) in [5.74, 6) is 0.0294. The van der Waals surface area contributed by atoms with Crippen LogP contribution < -0.4 is 11.1 Å². The highest BCUT2D eigenvalue weighted by Crippen LogP contribution is 2.42. The molecule has 0 spiro atoms. The number of amides is 1. The van der Waals surface area contributed by atoms with Gasteiger partial charge in [-0.15, -0.1) is 0 Å². The Morgan fingerprint density at radius 1 is 1.52 bits per heavy atom. The first-order valence-electron chi connectivity index (χ1n) is 6.45. The third kappa shape index (κ3) is 2.62. The summed E-state index contributed by atoms with van der Waals surface area (Å²) in [5, 5.41) is 18.4. The maximum Gasteiger partial charge on any atom is 0.278 e. The number of rotatable bonds is 3. The van der Waals surface area contributed by atoms with Crippen molar-refractivity contribution in [2.24, 2.45) is 0 Å². The van der Waals surface area contributed by atoms with Gasteiger partial charge in [-0.25, -0.2) is 0 Å². The SMILES string of the molecule is N#Cc1ccc(NC(=O)c2n[nH]c(C3CC3)c2N)c(Br)c1. The maximum atomic E-state index is 12.2. The quantitative estimate of drug-likeness (QED) is 0.794. The summed E-state index contributed by atoms with van der Waals surface area (Å²) >= 11 is 3.32. The monoisotopic (exact) mass is 345 g/mol. The van der Waals surface area contributed by atoms with Crippen LogP contribution >= 0.6 is 15.9 Å². The van der Waals surface area contributed by atoms with Crippen LogP contribution in [0.1, 0.15) is 40.5 Å². The Morgan fingerprint density at radius 2 is 2.29 bits per heavy atom. The van der Waals surface area contributed by atoms with E-state index in [1.807, 2.05) is 6.07 Å². The molecule has 1 amide bonds. The third-order valence-corrected chi connectivity index (χ3v) is 4.04. The fourth-order valence-corrected chi connectivity index (χ4v) is 2.57. The van der Waals surface area contributed by atoms with Crippen LogP contribution in [0.5, 0.6) is 0 Å². The summed E-state index contributed by atoms with van der Waals surface area (Å²) < 4.78 is 0.631. The molecule has 7 heteroatoms. The zero-order valence-corrected chi connectivity index (χ0v) is 12.6. The van der Waals surface area contributed by atoms with Crippen LogP contribution in [0.15, 0.2) is 22.7 Å². The molecule has 21 heavy (non-hydrogen) atoms. The minimum absolute atomic E-state index is 0.202. The lowest BCUT2D eigenvalue weighted by Crippen LogP contribution is -2.14. The molecule has 0 saturated heterocycles. The van der Waals surface area contributed by atoms with Gasteiger partial charge in [0.25, 0.3) is 5.91 Å². The summed E-state index contributed by atoms with van der Waals surface area (Å²) in [5.41, 5.74) is 8.51. The third-order valence-electron chi connectivity index (χ3n) is 3.38. The van der Waals surface area contributed by atoms with Crippen LogP contribution in [-0.4, -0.2) is 16.1 Å². The molecule has 1 fully saturated rings. The Bertz CT molecular complexity index is 757. The first kappa shape index (κ1) is 13.6. The molecular weight excluding hydrogens is 334 g/mol. The standard InChI is InChI=1S/C14H12BrN5O/c15-9-5-7(6-16)1-4-10(9)18-14(21)13-11(17)12(19-20-13)8-2-3-8/h1,4-5,8H,2-3,17H2,(H,18,21)(H,19,20). The first-order chi connectivity index (χ1) is 10.1. The van der Waals surface area contributed by atoms with E-state index in [0.717, 1.165) is 18.5 Å². The van der Waals surface area contributed by atoms with Gasteiger partial charge < -0.3 is 11.1 Å². The number of anilines is 2. The van der Waals surface area contributed by atoms with E-state index < -0.39 is 0 Å². The second kappa shape index (κ2) is 5.22. The van der Waals surface area contributed by atoms with E-state index in [-0.39, 0.29) is 11.6 Å². The predicted molar refractivity (Wildman–Crippen MR) is 81.8 cm³/mol. The molecule has 3 rings (SSSR count). The topological polar surface area (TPSA) is 108 Å². The number of aromatic amines is 1. The number of nitrogens with one attached hydrogen (secondary N) is 2. The second-order valence-corrected chi connectivity index (χ2v) is 5.79. The normalized spacial score (nSPS) is 13.7. The number of halogens is 1. The lowest BCUT2D eigenvalue weighted by atomic mass is 10.2. The minimum atomic E-state index is -0.374. The van der Waals surface area contributed by atoms with Crippen LogP contribution in [0.25, 0.3) is 0 Å². The summed E-state index contributed by atoms with van der Waals surface area (Å²) in [6.07, 6.45) is 2.16. The number of nitriles is 1. The van der Waals surface area contributed by atoms with E-state index in [2.05, 4.69) is 31.4 Å². The molecule has 2 aromatic rings. The molecule has 4 N–H and O–H groups in total. The van der Waals surface area contributed by atoms with E-state index in [4.69, 9.17) is 11.0 Å². The summed E-state index contributed by atoms with van der Waals surface area (Å²) in [6, 6.07) is 6.96. The Hall–Kier alpha value is -2.33. The Labute approximate surface area is 129 Å².